The zero-order chi connectivity index (χ0) is 12.8. The van der Waals surface area contributed by atoms with Gasteiger partial charge in [-0.25, -0.2) is 9.97 Å². The van der Waals surface area contributed by atoms with Crippen LogP contribution in [0.25, 0.3) is 11.3 Å². The lowest BCUT2D eigenvalue weighted by Crippen LogP contribution is -2.05. The Kier molecular flexibility index (Phi) is 4.28. The average Bonchev–Trinajstić information content (AvgIpc) is 2.86. The van der Waals surface area contributed by atoms with Gasteiger partial charge in [0.05, 0.1) is 5.69 Å². The molecule has 0 radical (unpaired) electrons. The van der Waals surface area contributed by atoms with Crippen molar-refractivity contribution in [1.82, 2.24) is 19.7 Å². The molecule has 5 heteroatoms. The Morgan fingerprint density at radius 2 is 1.94 bits per heavy atom. The van der Waals surface area contributed by atoms with E-state index in [2.05, 4.69) is 34.2 Å². The summed E-state index contributed by atoms with van der Waals surface area (Å²) >= 11 is 0. The van der Waals surface area contributed by atoms with E-state index >= 15 is 0 Å². The average molecular weight is 245 g/mol. The predicted molar refractivity (Wildman–Crippen MR) is 72.3 cm³/mol. The first kappa shape index (κ1) is 12.5. The van der Waals surface area contributed by atoms with Crippen LogP contribution in [0.1, 0.15) is 26.7 Å². The minimum Gasteiger partial charge on any atom is -0.354 e. The second kappa shape index (κ2) is 6.14. The normalized spacial score (nSPS) is 10.6. The topological polar surface area (TPSA) is 55.6 Å². The van der Waals surface area contributed by atoms with Crippen molar-refractivity contribution in [2.24, 2.45) is 0 Å². The lowest BCUT2D eigenvalue weighted by molar-refractivity contribution is 0.609. The molecule has 2 aromatic rings. The van der Waals surface area contributed by atoms with E-state index in [1.807, 2.05) is 29.3 Å². The highest BCUT2D eigenvalue weighted by Crippen LogP contribution is 2.17. The zero-order valence-electron chi connectivity index (χ0n) is 10.9. The van der Waals surface area contributed by atoms with Crippen LogP contribution in [0.3, 0.4) is 0 Å². The van der Waals surface area contributed by atoms with Crippen LogP contribution >= 0.6 is 0 Å². The number of aryl methyl sites for hydroxylation is 1. The van der Waals surface area contributed by atoms with Crippen molar-refractivity contribution >= 4 is 5.95 Å². The largest absolute Gasteiger partial charge is 0.354 e. The highest BCUT2D eigenvalue weighted by atomic mass is 15.3. The smallest absolute Gasteiger partial charge is 0.222 e. The number of rotatable bonds is 6. The van der Waals surface area contributed by atoms with E-state index in [1.165, 1.54) is 0 Å². The molecule has 0 amide bonds. The van der Waals surface area contributed by atoms with Crippen LogP contribution in [0.2, 0.25) is 0 Å². The number of nitrogens with zero attached hydrogens (tertiary/aromatic N) is 4. The number of aromatic nitrogens is 4. The molecule has 96 valence electrons. The summed E-state index contributed by atoms with van der Waals surface area (Å²) in [6.45, 7) is 6.07. The van der Waals surface area contributed by atoms with Crippen molar-refractivity contribution in [2.75, 3.05) is 11.9 Å². The maximum absolute atomic E-state index is 4.31. The molecule has 2 rings (SSSR count). The Balaban J connectivity index is 2.15. The van der Waals surface area contributed by atoms with Crippen molar-refractivity contribution in [3.63, 3.8) is 0 Å². The van der Waals surface area contributed by atoms with Gasteiger partial charge in [-0.2, -0.15) is 5.10 Å². The summed E-state index contributed by atoms with van der Waals surface area (Å²) in [6.07, 6.45) is 7.62. The second-order valence-corrected chi connectivity index (χ2v) is 4.16. The van der Waals surface area contributed by atoms with Crippen molar-refractivity contribution in [1.29, 1.82) is 0 Å². The van der Waals surface area contributed by atoms with Crippen LogP contribution in [0.5, 0.6) is 0 Å². The quantitative estimate of drug-likeness (QED) is 0.849. The fourth-order valence-electron chi connectivity index (χ4n) is 1.76. The molecule has 0 atom stereocenters. The van der Waals surface area contributed by atoms with Gasteiger partial charge < -0.3 is 5.32 Å². The minimum absolute atomic E-state index is 0.683. The summed E-state index contributed by atoms with van der Waals surface area (Å²) in [7, 11) is 0. The third-order valence-electron chi connectivity index (χ3n) is 2.63. The Morgan fingerprint density at radius 3 is 2.61 bits per heavy atom. The zero-order valence-corrected chi connectivity index (χ0v) is 10.9. The predicted octanol–water partition coefficient (Wildman–Crippen LogP) is 2.57. The fourth-order valence-corrected chi connectivity index (χ4v) is 1.76. The van der Waals surface area contributed by atoms with E-state index in [4.69, 9.17) is 0 Å². The van der Waals surface area contributed by atoms with E-state index in [0.717, 1.165) is 37.2 Å². The fraction of sp³-hybridized carbons (Fsp3) is 0.462. The van der Waals surface area contributed by atoms with Crippen molar-refractivity contribution < 1.29 is 0 Å². The van der Waals surface area contributed by atoms with Gasteiger partial charge in [0.25, 0.3) is 0 Å². The van der Waals surface area contributed by atoms with Gasteiger partial charge in [0, 0.05) is 37.2 Å². The van der Waals surface area contributed by atoms with Crippen LogP contribution in [-0.4, -0.2) is 26.3 Å². The molecule has 0 aliphatic heterocycles. The second-order valence-electron chi connectivity index (χ2n) is 4.16. The third kappa shape index (κ3) is 2.85. The van der Waals surface area contributed by atoms with Crippen molar-refractivity contribution in [2.45, 2.75) is 33.2 Å². The Hall–Kier alpha value is -1.91. The molecule has 0 aromatic carbocycles. The first-order chi connectivity index (χ1) is 8.85. The summed E-state index contributed by atoms with van der Waals surface area (Å²) < 4.78 is 1.98. The molecular weight excluding hydrogens is 226 g/mol. The maximum Gasteiger partial charge on any atom is 0.222 e. The molecule has 0 bridgehead atoms. The standard InChI is InChI=1S/C13H19N5/c1-3-6-14-13-15-9-11(10-16-13)12-5-7-17-18(12)8-4-2/h5,7,9-10H,3-4,6,8H2,1-2H3,(H,14,15,16). The first-order valence-corrected chi connectivity index (χ1v) is 6.43. The van der Waals surface area contributed by atoms with Crippen LogP contribution in [-0.2, 0) is 6.54 Å². The summed E-state index contributed by atoms with van der Waals surface area (Å²) in [6, 6.07) is 1.99. The monoisotopic (exact) mass is 245 g/mol. The van der Waals surface area contributed by atoms with E-state index in [-0.39, 0.29) is 0 Å². The molecule has 0 aliphatic rings. The first-order valence-electron chi connectivity index (χ1n) is 6.43. The van der Waals surface area contributed by atoms with Crippen molar-refractivity contribution in [3.05, 3.63) is 24.7 Å². The number of nitrogens with one attached hydrogen (secondary N) is 1. The van der Waals surface area contributed by atoms with Crippen LogP contribution in [0, 0.1) is 0 Å². The van der Waals surface area contributed by atoms with E-state index in [0.29, 0.717) is 5.95 Å². The highest BCUT2D eigenvalue weighted by molar-refractivity contribution is 5.57. The molecule has 18 heavy (non-hydrogen) atoms. The Morgan fingerprint density at radius 1 is 1.17 bits per heavy atom. The molecule has 0 unspecified atom stereocenters. The summed E-state index contributed by atoms with van der Waals surface area (Å²) in [5.41, 5.74) is 2.07. The Labute approximate surface area is 107 Å². The van der Waals surface area contributed by atoms with Gasteiger partial charge in [0.1, 0.15) is 0 Å². The summed E-state index contributed by atoms with van der Waals surface area (Å²) in [5, 5.41) is 7.46. The number of hydrogen-bond donors (Lipinski definition) is 1. The van der Waals surface area contributed by atoms with E-state index < -0.39 is 0 Å². The molecule has 0 aliphatic carbocycles. The van der Waals surface area contributed by atoms with Gasteiger partial charge in [0.15, 0.2) is 0 Å². The number of hydrogen-bond acceptors (Lipinski definition) is 4. The Bertz CT molecular complexity index is 474. The minimum atomic E-state index is 0.683. The highest BCUT2D eigenvalue weighted by Gasteiger charge is 2.05. The van der Waals surface area contributed by atoms with Crippen LogP contribution < -0.4 is 5.32 Å². The molecule has 0 saturated carbocycles. The SMILES string of the molecule is CCCNc1ncc(-c2ccnn2CCC)cn1. The lowest BCUT2D eigenvalue weighted by Gasteiger charge is -2.06. The van der Waals surface area contributed by atoms with E-state index in [1.54, 1.807) is 0 Å². The van der Waals surface area contributed by atoms with Gasteiger partial charge in [-0.05, 0) is 18.9 Å². The molecule has 0 fully saturated rings. The van der Waals surface area contributed by atoms with Crippen LogP contribution in [0.15, 0.2) is 24.7 Å². The molecule has 0 spiro atoms. The van der Waals surface area contributed by atoms with E-state index in [9.17, 15) is 0 Å². The molecule has 0 saturated heterocycles. The molecule has 1 N–H and O–H groups in total. The van der Waals surface area contributed by atoms with Gasteiger partial charge in [0.2, 0.25) is 5.95 Å². The molecule has 2 aromatic heterocycles. The summed E-state index contributed by atoms with van der Waals surface area (Å²) in [4.78, 5) is 8.62. The third-order valence-corrected chi connectivity index (χ3v) is 2.63. The maximum atomic E-state index is 4.31. The van der Waals surface area contributed by atoms with Gasteiger partial charge in [-0.1, -0.05) is 13.8 Å². The molecule has 5 nitrogen and oxygen atoms in total. The van der Waals surface area contributed by atoms with Gasteiger partial charge in [-0.3, -0.25) is 4.68 Å². The summed E-state index contributed by atoms with van der Waals surface area (Å²) in [5.74, 6) is 0.683. The molecular formula is C13H19N5. The van der Waals surface area contributed by atoms with Crippen LogP contribution in [0.4, 0.5) is 5.95 Å². The lowest BCUT2D eigenvalue weighted by atomic mass is 10.2. The molecule has 2 heterocycles. The van der Waals surface area contributed by atoms with Gasteiger partial charge >= 0.3 is 0 Å². The van der Waals surface area contributed by atoms with Gasteiger partial charge in [-0.15, -0.1) is 0 Å². The van der Waals surface area contributed by atoms with Crippen molar-refractivity contribution in [3.8, 4) is 11.3 Å². The number of anilines is 1.